The van der Waals surface area contributed by atoms with Gasteiger partial charge in [0.2, 0.25) is 0 Å². The highest BCUT2D eigenvalue weighted by atomic mass is 16.7. The van der Waals surface area contributed by atoms with Gasteiger partial charge in [-0.1, -0.05) is 152 Å². The van der Waals surface area contributed by atoms with Crippen molar-refractivity contribution in [1.82, 2.24) is 0 Å². The number of aliphatic hydroxyl groups excluding tert-OH is 1. The van der Waals surface area contributed by atoms with Gasteiger partial charge in [0.25, 0.3) is 0 Å². The Morgan fingerprint density at radius 2 is 0.679 bits per heavy atom. The van der Waals surface area contributed by atoms with E-state index in [0.29, 0.717) is 19.8 Å². The third-order valence-corrected chi connectivity index (χ3v) is 10.2. The van der Waals surface area contributed by atoms with Gasteiger partial charge in [0.15, 0.2) is 12.6 Å². The van der Waals surface area contributed by atoms with Crippen LogP contribution in [0, 0.1) is 0 Å². The highest BCUT2D eigenvalue weighted by molar-refractivity contribution is 5.17. The quantitative estimate of drug-likeness (QED) is 0.102. The maximum atomic E-state index is 11.5. The number of aliphatic hydroxyl groups is 1. The summed E-state index contributed by atoms with van der Waals surface area (Å²) >= 11 is 0. The molecule has 9 heteroatoms. The van der Waals surface area contributed by atoms with Crippen LogP contribution in [0.5, 0.6) is 0 Å². The maximum absolute atomic E-state index is 11.5. The SMILES string of the molecule is CC1OC(O)C(OCc2ccccc2)C(OC2OC(C)C(OCc3ccccc3)C(OCc3ccccc3)C2OCc2ccccc2)C1OCc1ccccc1. The van der Waals surface area contributed by atoms with E-state index >= 15 is 0 Å². The minimum absolute atomic E-state index is 0.222. The lowest BCUT2D eigenvalue weighted by atomic mass is 9.96. The lowest BCUT2D eigenvalue weighted by molar-refractivity contribution is -0.369. The minimum Gasteiger partial charge on any atom is -0.368 e. The Labute approximate surface area is 330 Å². The van der Waals surface area contributed by atoms with E-state index in [-0.39, 0.29) is 13.2 Å². The second-order valence-electron chi connectivity index (χ2n) is 14.3. The van der Waals surface area contributed by atoms with E-state index in [1.807, 2.05) is 166 Å². The number of benzene rings is 5. The fraction of sp³-hybridized carbons (Fsp3) is 0.362. The van der Waals surface area contributed by atoms with Crippen LogP contribution in [-0.2, 0) is 70.9 Å². The average molecular weight is 761 g/mol. The zero-order chi connectivity index (χ0) is 38.5. The summed E-state index contributed by atoms with van der Waals surface area (Å²) in [6.45, 7) is 5.31. The average Bonchev–Trinajstić information content (AvgIpc) is 3.23. The van der Waals surface area contributed by atoms with Gasteiger partial charge in [0.1, 0.15) is 36.6 Å². The molecule has 0 aliphatic carbocycles. The number of hydrogen-bond donors (Lipinski definition) is 1. The van der Waals surface area contributed by atoms with Crippen molar-refractivity contribution in [3.8, 4) is 0 Å². The molecular formula is C47H52O9. The van der Waals surface area contributed by atoms with Gasteiger partial charge in [-0.15, -0.1) is 0 Å². The van der Waals surface area contributed by atoms with Crippen molar-refractivity contribution in [1.29, 1.82) is 0 Å². The lowest BCUT2D eigenvalue weighted by Crippen LogP contribution is -2.65. The minimum atomic E-state index is -1.30. The summed E-state index contributed by atoms with van der Waals surface area (Å²) in [7, 11) is 0. The Balaban J connectivity index is 1.21. The second-order valence-corrected chi connectivity index (χ2v) is 14.3. The van der Waals surface area contributed by atoms with E-state index in [1.165, 1.54) is 0 Å². The number of hydrogen-bond acceptors (Lipinski definition) is 9. The van der Waals surface area contributed by atoms with Gasteiger partial charge in [-0.2, -0.15) is 0 Å². The van der Waals surface area contributed by atoms with E-state index in [4.69, 9.17) is 37.9 Å². The molecule has 294 valence electrons. The van der Waals surface area contributed by atoms with Crippen LogP contribution in [0.4, 0.5) is 0 Å². The third kappa shape index (κ3) is 10.8. The monoisotopic (exact) mass is 760 g/mol. The Bertz CT molecular complexity index is 1780. The largest absolute Gasteiger partial charge is 0.368 e. The zero-order valence-electron chi connectivity index (χ0n) is 32.0. The first kappa shape index (κ1) is 40.0. The molecule has 0 radical (unpaired) electrons. The van der Waals surface area contributed by atoms with E-state index in [1.54, 1.807) is 0 Å². The molecule has 0 amide bonds. The molecule has 1 N–H and O–H groups in total. The number of rotatable bonds is 17. The Morgan fingerprint density at radius 3 is 1.07 bits per heavy atom. The topological polar surface area (TPSA) is 94.1 Å². The van der Waals surface area contributed by atoms with Crippen LogP contribution in [-0.4, -0.2) is 66.5 Å². The molecule has 7 rings (SSSR count). The van der Waals surface area contributed by atoms with Crippen molar-refractivity contribution in [3.63, 3.8) is 0 Å². The molecule has 10 unspecified atom stereocenters. The summed E-state index contributed by atoms with van der Waals surface area (Å²) in [5.41, 5.74) is 4.96. The van der Waals surface area contributed by atoms with Crippen LogP contribution in [0.2, 0.25) is 0 Å². The maximum Gasteiger partial charge on any atom is 0.187 e. The molecule has 9 nitrogen and oxygen atoms in total. The molecule has 2 heterocycles. The molecular weight excluding hydrogens is 709 g/mol. The van der Waals surface area contributed by atoms with E-state index in [0.717, 1.165) is 27.8 Å². The Morgan fingerprint density at radius 1 is 0.375 bits per heavy atom. The molecule has 2 aliphatic heterocycles. The lowest BCUT2D eigenvalue weighted by Gasteiger charge is -2.49. The van der Waals surface area contributed by atoms with Gasteiger partial charge in [-0.3, -0.25) is 0 Å². The fourth-order valence-electron chi connectivity index (χ4n) is 7.22. The molecule has 5 aromatic carbocycles. The summed E-state index contributed by atoms with van der Waals surface area (Å²) in [6, 6.07) is 49.8. The standard InChI is InChI=1S/C47H52O9/c1-33-41(50-29-36-20-10-4-11-21-36)43(44(46(48)54-33)52-31-38-24-14-6-15-25-38)56-47-45(53-32-39-26-16-7-17-27-39)42(51-30-37-22-12-5-13-23-37)40(34(2)55-47)49-28-35-18-8-3-9-19-35/h3-27,33-34,40-48H,28-32H2,1-2H3. The van der Waals surface area contributed by atoms with Crippen LogP contribution < -0.4 is 0 Å². The van der Waals surface area contributed by atoms with Crippen molar-refractivity contribution >= 4 is 0 Å². The molecule has 5 aromatic rings. The molecule has 2 saturated heterocycles. The van der Waals surface area contributed by atoms with Crippen LogP contribution in [0.15, 0.2) is 152 Å². The Hall–Kier alpha value is -4.26. The highest BCUT2D eigenvalue weighted by Crippen LogP contribution is 2.35. The van der Waals surface area contributed by atoms with Gasteiger partial charge in [-0.25, -0.2) is 0 Å². The van der Waals surface area contributed by atoms with Gasteiger partial charge < -0.3 is 43.0 Å². The first-order valence-corrected chi connectivity index (χ1v) is 19.4. The van der Waals surface area contributed by atoms with Crippen LogP contribution in [0.1, 0.15) is 41.7 Å². The van der Waals surface area contributed by atoms with Crippen molar-refractivity contribution in [2.24, 2.45) is 0 Å². The molecule has 2 fully saturated rings. The van der Waals surface area contributed by atoms with Gasteiger partial charge >= 0.3 is 0 Å². The van der Waals surface area contributed by atoms with Gasteiger partial charge in [-0.05, 0) is 41.7 Å². The van der Waals surface area contributed by atoms with Crippen LogP contribution in [0.3, 0.4) is 0 Å². The van der Waals surface area contributed by atoms with Crippen LogP contribution >= 0.6 is 0 Å². The molecule has 0 spiro atoms. The molecule has 0 bridgehead atoms. The Kier molecular flexibility index (Phi) is 14.4. The smallest absolute Gasteiger partial charge is 0.187 e. The first-order valence-electron chi connectivity index (χ1n) is 19.4. The van der Waals surface area contributed by atoms with Crippen molar-refractivity contribution in [3.05, 3.63) is 179 Å². The van der Waals surface area contributed by atoms with E-state index < -0.39 is 61.4 Å². The molecule has 56 heavy (non-hydrogen) atoms. The van der Waals surface area contributed by atoms with E-state index in [9.17, 15) is 5.11 Å². The van der Waals surface area contributed by atoms with Crippen LogP contribution in [0.25, 0.3) is 0 Å². The molecule has 2 aliphatic rings. The second kappa shape index (κ2) is 20.2. The summed E-state index contributed by atoms with van der Waals surface area (Å²) in [4.78, 5) is 0. The summed E-state index contributed by atoms with van der Waals surface area (Å²) in [6.07, 6.45) is -7.62. The van der Waals surface area contributed by atoms with Crippen molar-refractivity contribution in [2.45, 2.75) is 108 Å². The molecule has 10 atom stereocenters. The summed E-state index contributed by atoms with van der Waals surface area (Å²) in [5.74, 6) is 0. The first-order chi connectivity index (χ1) is 27.5. The summed E-state index contributed by atoms with van der Waals surface area (Å²) < 4.78 is 53.3. The summed E-state index contributed by atoms with van der Waals surface area (Å²) in [5, 5.41) is 11.5. The molecule has 0 saturated carbocycles. The zero-order valence-corrected chi connectivity index (χ0v) is 32.0. The predicted octanol–water partition coefficient (Wildman–Crippen LogP) is 7.78. The van der Waals surface area contributed by atoms with Gasteiger partial charge in [0, 0.05) is 0 Å². The van der Waals surface area contributed by atoms with E-state index in [2.05, 4.69) is 0 Å². The normalized spacial score (nSPS) is 27.8. The van der Waals surface area contributed by atoms with Gasteiger partial charge in [0.05, 0.1) is 45.2 Å². The predicted molar refractivity (Wildman–Crippen MR) is 211 cm³/mol. The van der Waals surface area contributed by atoms with Crippen molar-refractivity contribution in [2.75, 3.05) is 0 Å². The fourth-order valence-corrected chi connectivity index (χ4v) is 7.22. The molecule has 0 aromatic heterocycles. The number of ether oxygens (including phenoxy) is 8. The third-order valence-electron chi connectivity index (χ3n) is 10.2. The van der Waals surface area contributed by atoms with Crippen molar-refractivity contribution < 1.29 is 43.0 Å². The highest BCUT2D eigenvalue weighted by Gasteiger charge is 2.52.